The van der Waals surface area contributed by atoms with Gasteiger partial charge in [0.2, 0.25) is 5.76 Å². The van der Waals surface area contributed by atoms with Crippen LogP contribution in [0.2, 0.25) is 0 Å². The zero-order valence-corrected chi connectivity index (χ0v) is 23.6. The number of likely N-dealkylation sites (tertiary alicyclic amines) is 1. The fraction of sp³-hybridized carbons (Fsp3) is 0.452. The molecule has 2 aromatic rings. The van der Waals surface area contributed by atoms with E-state index in [2.05, 4.69) is 0 Å². The minimum absolute atomic E-state index is 0.0344. The first-order valence-corrected chi connectivity index (χ1v) is 13.7. The van der Waals surface area contributed by atoms with Gasteiger partial charge in [0.25, 0.3) is 0 Å². The Labute approximate surface area is 239 Å². The number of rotatable bonds is 10. The van der Waals surface area contributed by atoms with Gasteiger partial charge < -0.3 is 33.7 Å². The van der Waals surface area contributed by atoms with Crippen molar-refractivity contribution in [1.82, 2.24) is 4.90 Å². The molecule has 2 heterocycles. The van der Waals surface area contributed by atoms with Gasteiger partial charge in [0.05, 0.1) is 5.92 Å². The highest BCUT2D eigenvalue weighted by molar-refractivity contribution is 5.89. The van der Waals surface area contributed by atoms with Crippen molar-refractivity contribution in [1.29, 1.82) is 0 Å². The number of carbonyl (C=O) groups excluding carboxylic acids is 3. The van der Waals surface area contributed by atoms with Crippen molar-refractivity contribution in [3.63, 3.8) is 0 Å². The number of benzene rings is 2. The summed E-state index contributed by atoms with van der Waals surface area (Å²) >= 11 is 0. The zero-order valence-electron chi connectivity index (χ0n) is 23.6. The van der Waals surface area contributed by atoms with Crippen LogP contribution < -0.4 is 0 Å². The summed E-state index contributed by atoms with van der Waals surface area (Å²) in [7, 11) is 0. The molecule has 2 aliphatic heterocycles. The van der Waals surface area contributed by atoms with Gasteiger partial charge in [-0.15, -0.1) is 0 Å². The van der Waals surface area contributed by atoms with E-state index in [4.69, 9.17) is 23.7 Å². The number of cyclic esters (lactones) is 1. The second-order valence-electron chi connectivity index (χ2n) is 11.0. The molecule has 0 spiro atoms. The number of ether oxygens (including phenoxy) is 5. The van der Waals surface area contributed by atoms with E-state index in [0.29, 0.717) is 19.4 Å². The lowest BCUT2D eigenvalue weighted by molar-refractivity contribution is -0.159. The lowest BCUT2D eigenvalue weighted by atomic mass is 9.98. The van der Waals surface area contributed by atoms with E-state index in [-0.39, 0.29) is 31.3 Å². The Bertz CT molecular complexity index is 1220. The highest BCUT2D eigenvalue weighted by atomic mass is 16.6. The fourth-order valence-electron chi connectivity index (χ4n) is 4.48. The van der Waals surface area contributed by atoms with Crippen LogP contribution >= 0.6 is 0 Å². The van der Waals surface area contributed by atoms with Crippen LogP contribution in [-0.2, 0) is 46.5 Å². The second-order valence-corrected chi connectivity index (χ2v) is 11.0. The number of nitrogens with zero attached hydrogens (tertiary/aromatic N) is 1. The number of amides is 1. The molecule has 41 heavy (non-hydrogen) atoms. The van der Waals surface area contributed by atoms with Crippen LogP contribution in [0.3, 0.4) is 0 Å². The van der Waals surface area contributed by atoms with Crippen LogP contribution in [0, 0.1) is 5.92 Å². The van der Waals surface area contributed by atoms with Gasteiger partial charge in [-0.3, -0.25) is 4.79 Å². The maximum Gasteiger partial charge on any atom is 0.410 e. The molecule has 1 unspecified atom stereocenters. The summed E-state index contributed by atoms with van der Waals surface area (Å²) < 4.78 is 28.0. The molecule has 10 heteroatoms. The van der Waals surface area contributed by atoms with Crippen LogP contribution in [0.4, 0.5) is 4.79 Å². The van der Waals surface area contributed by atoms with Crippen molar-refractivity contribution < 1.29 is 43.2 Å². The molecule has 1 N–H and O–H groups in total. The first-order chi connectivity index (χ1) is 19.6. The molecule has 1 fully saturated rings. The maximum atomic E-state index is 12.9. The first-order valence-electron chi connectivity index (χ1n) is 13.7. The lowest BCUT2D eigenvalue weighted by Crippen LogP contribution is -2.45. The molecule has 220 valence electrons. The third-order valence-electron chi connectivity index (χ3n) is 6.52. The van der Waals surface area contributed by atoms with E-state index in [9.17, 15) is 19.5 Å². The average Bonchev–Trinajstić information content (AvgIpc) is 3.28. The van der Waals surface area contributed by atoms with Crippen LogP contribution in [-0.4, -0.2) is 65.5 Å². The molecule has 1 amide bonds. The van der Waals surface area contributed by atoms with Gasteiger partial charge in [-0.25, -0.2) is 9.59 Å². The third kappa shape index (κ3) is 8.47. The lowest BCUT2D eigenvalue weighted by Gasteiger charge is -2.33. The SMILES string of the molecule is CC(C)(C)OC(=O)N1CCCC(C(=O)OC[C@@H](O)[C@H]2OC(=O)C(OCc3ccccc3)=C2OCc2ccccc2)C1. The maximum absolute atomic E-state index is 12.9. The summed E-state index contributed by atoms with van der Waals surface area (Å²) in [6.45, 7) is 5.74. The number of hydrogen-bond acceptors (Lipinski definition) is 9. The summed E-state index contributed by atoms with van der Waals surface area (Å²) in [5, 5.41) is 10.9. The Balaban J connectivity index is 1.40. The minimum atomic E-state index is -1.41. The van der Waals surface area contributed by atoms with E-state index < -0.39 is 48.4 Å². The quantitative estimate of drug-likeness (QED) is 0.334. The van der Waals surface area contributed by atoms with Crippen molar-refractivity contribution >= 4 is 18.0 Å². The van der Waals surface area contributed by atoms with Crippen molar-refractivity contribution in [3.05, 3.63) is 83.3 Å². The Morgan fingerprint density at radius 1 is 1.00 bits per heavy atom. The Morgan fingerprint density at radius 3 is 2.22 bits per heavy atom. The van der Waals surface area contributed by atoms with E-state index in [1.807, 2.05) is 60.7 Å². The Hall–Kier alpha value is -4.05. The van der Waals surface area contributed by atoms with Gasteiger partial charge in [0.1, 0.15) is 31.5 Å². The van der Waals surface area contributed by atoms with Crippen molar-refractivity contribution in [2.24, 2.45) is 5.92 Å². The molecule has 4 rings (SSSR count). The smallest absolute Gasteiger partial charge is 0.410 e. The topological polar surface area (TPSA) is 121 Å². The summed E-state index contributed by atoms with van der Waals surface area (Å²) in [4.78, 5) is 39.6. The molecule has 1 saturated heterocycles. The minimum Gasteiger partial charge on any atom is -0.485 e. The predicted molar refractivity (Wildman–Crippen MR) is 147 cm³/mol. The number of esters is 2. The van der Waals surface area contributed by atoms with Gasteiger partial charge in [0.15, 0.2) is 11.9 Å². The highest BCUT2D eigenvalue weighted by Crippen LogP contribution is 2.30. The number of piperidine rings is 1. The van der Waals surface area contributed by atoms with Crippen LogP contribution in [0.15, 0.2) is 72.2 Å². The van der Waals surface area contributed by atoms with E-state index in [0.717, 1.165) is 11.1 Å². The summed E-state index contributed by atoms with van der Waals surface area (Å²) in [5.74, 6) is -2.01. The molecule has 10 nitrogen and oxygen atoms in total. The van der Waals surface area contributed by atoms with Crippen LogP contribution in [0.1, 0.15) is 44.7 Å². The van der Waals surface area contributed by atoms with E-state index in [1.165, 1.54) is 4.90 Å². The number of aliphatic hydroxyl groups excluding tert-OH is 1. The molecule has 0 saturated carbocycles. The Kier molecular flexibility index (Phi) is 9.88. The van der Waals surface area contributed by atoms with Crippen LogP contribution in [0.5, 0.6) is 0 Å². The van der Waals surface area contributed by atoms with E-state index >= 15 is 0 Å². The van der Waals surface area contributed by atoms with Crippen molar-refractivity contribution in [3.8, 4) is 0 Å². The van der Waals surface area contributed by atoms with Gasteiger partial charge in [-0.05, 0) is 44.7 Å². The second kappa shape index (κ2) is 13.5. The number of carbonyl (C=O) groups is 3. The van der Waals surface area contributed by atoms with E-state index in [1.54, 1.807) is 20.8 Å². The standard InChI is InChI=1S/C31H37NO9/c1-31(2,3)41-30(36)32-16-10-15-23(17-32)28(34)39-20-24(33)25-26(37-18-21-11-6-4-7-12-21)27(29(35)40-25)38-19-22-13-8-5-9-14-22/h4-9,11-14,23-25,33H,10,15-20H2,1-3H3/t23?,24-,25-/m1/s1. The zero-order chi connectivity index (χ0) is 29.4. The van der Waals surface area contributed by atoms with Gasteiger partial charge in [0, 0.05) is 13.1 Å². The fourth-order valence-corrected chi connectivity index (χ4v) is 4.48. The third-order valence-corrected chi connectivity index (χ3v) is 6.52. The van der Waals surface area contributed by atoms with Crippen molar-refractivity contribution in [2.75, 3.05) is 19.7 Å². The highest BCUT2D eigenvalue weighted by Gasteiger charge is 2.43. The molecule has 0 aliphatic carbocycles. The first kappa shape index (κ1) is 29.9. The van der Waals surface area contributed by atoms with Gasteiger partial charge >= 0.3 is 18.0 Å². The molecule has 0 aromatic heterocycles. The Morgan fingerprint density at radius 2 is 1.61 bits per heavy atom. The summed E-state index contributed by atoms with van der Waals surface area (Å²) in [6.07, 6.45) is -1.97. The molecular weight excluding hydrogens is 530 g/mol. The van der Waals surface area contributed by atoms with Crippen LogP contribution in [0.25, 0.3) is 0 Å². The molecule has 0 bridgehead atoms. The molecule has 2 aliphatic rings. The monoisotopic (exact) mass is 567 g/mol. The normalized spacial score (nSPS) is 19.8. The van der Waals surface area contributed by atoms with Crippen molar-refractivity contribution in [2.45, 2.75) is 64.6 Å². The average molecular weight is 568 g/mol. The van der Waals surface area contributed by atoms with Gasteiger partial charge in [-0.2, -0.15) is 0 Å². The van der Waals surface area contributed by atoms with Gasteiger partial charge in [-0.1, -0.05) is 60.7 Å². The predicted octanol–water partition coefficient (Wildman–Crippen LogP) is 4.11. The number of aliphatic hydroxyl groups is 1. The summed E-state index contributed by atoms with van der Waals surface area (Å²) in [5.41, 5.74) is 1.03. The largest absolute Gasteiger partial charge is 0.485 e. The summed E-state index contributed by atoms with van der Waals surface area (Å²) in [6, 6.07) is 18.6. The molecule has 0 radical (unpaired) electrons. The molecule has 3 atom stereocenters. The number of hydrogen-bond donors (Lipinski definition) is 1. The molecule has 2 aromatic carbocycles. The molecular formula is C31H37NO9.